The normalized spacial score (nSPS) is 12.0. The van der Waals surface area contributed by atoms with E-state index in [-0.39, 0.29) is 0 Å². The molecule has 0 saturated carbocycles. The van der Waals surface area contributed by atoms with Crippen molar-refractivity contribution in [3.05, 3.63) is 36.4 Å². The van der Waals surface area contributed by atoms with Gasteiger partial charge in [-0.3, -0.25) is 0 Å². The fourth-order valence-electron chi connectivity index (χ4n) is 2.27. The molecule has 2 rings (SSSR count). The maximum atomic E-state index is 4.65. The van der Waals surface area contributed by atoms with Gasteiger partial charge in [0.05, 0.1) is 0 Å². The van der Waals surface area contributed by atoms with Crippen LogP contribution in [0.15, 0.2) is 36.4 Å². The highest BCUT2D eigenvalue weighted by atomic mass is 15.1. The minimum absolute atomic E-state index is 0.406. The summed E-state index contributed by atoms with van der Waals surface area (Å²) in [5.41, 5.74) is 1.03. The van der Waals surface area contributed by atoms with Crippen molar-refractivity contribution < 1.29 is 0 Å². The molecular formula is C17H24N4. The molecule has 21 heavy (non-hydrogen) atoms. The molecule has 1 aromatic heterocycles. The average Bonchev–Trinajstić information content (AvgIpc) is 2.48. The van der Waals surface area contributed by atoms with Gasteiger partial charge < -0.3 is 10.6 Å². The van der Waals surface area contributed by atoms with Crippen molar-refractivity contribution in [2.45, 2.75) is 39.7 Å². The highest BCUT2D eigenvalue weighted by Crippen LogP contribution is 2.20. The lowest BCUT2D eigenvalue weighted by Crippen LogP contribution is -2.16. The summed E-state index contributed by atoms with van der Waals surface area (Å²) in [5.74, 6) is 2.48. The van der Waals surface area contributed by atoms with Crippen LogP contribution in [-0.4, -0.2) is 22.6 Å². The van der Waals surface area contributed by atoms with E-state index >= 15 is 0 Å². The molecule has 0 aliphatic rings. The maximum Gasteiger partial charge on any atom is 0.163 e. The molecule has 0 bridgehead atoms. The third-order valence-corrected chi connectivity index (χ3v) is 3.23. The third kappa shape index (κ3) is 4.45. The summed E-state index contributed by atoms with van der Waals surface area (Å²) >= 11 is 0. The summed E-state index contributed by atoms with van der Waals surface area (Å²) in [6.07, 6.45) is 2.28. The Kier molecular flexibility index (Phi) is 5.55. The molecule has 1 atom stereocenters. The van der Waals surface area contributed by atoms with Gasteiger partial charge in [-0.05, 0) is 20.3 Å². The molecule has 0 radical (unpaired) electrons. The second-order valence-corrected chi connectivity index (χ2v) is 5.19. The van der Waals surface area contributed by atoms with Crippen LogP contribution in [0.2, 0.25) is 0 Å². The molecule has 2 N–H and O–H groups in total. The molecule has 0 amide bonds. The summed E-state index contributed by atoms with van der Waals surface area (Å²) in [4.78, 5) is 9.23. The number of anilines is 2. The maximum absolute atomic E-state index is 4.65. The first-order valence-electron chi connectivity index (χ1n) is 7.67. The fourth-order valence-corrected chi connectivity index (χ4v) is 2.27. The van der Waals surface area contributed by atoms with E-state index in [2.05, 4.69) is 41.4 Å². The Bertz CT molecular complexity index is 554. The van der Waals surface area contributed by atoms with E-state index in [0.29, 0.717) is 6.04 Å². The summed E-state index contributed by atoms with van der Waals surface area (Å²) in [7, 11) is 0. The summed E-state index contributed by atoms with van der Waals surface area (Å²) in [6, 6.07) is 12.5. The first-order chi connectivity index (χ1) is 10.2. The van der Waals surface area contributed by atoms with Crippen LogP contribution in [0.3, 0.4) is 0 Å². The van der Waals surface area contributed by atoms with Gasteiger partial charge in [-0.2, -0.15) is 0 Å². The highest BCUT2D eigenvalue weighted by molar-refractivity contribution is 5.61. The van der Waals surface area contributed by atoms with Gasteiger partial charge in [-0.25, -0.2) is 9.97 Å². The molecule has 0 saturated heterocycles. The van der Waals surface area contributed by atoms with E-state index in [9.17, 15) is 0 Å². The smallest absolute Gasteiger partial charge is 0.163 e. The number of nitrogens with one attached hydrogen (secondary N) is 2. The van der Waals surface area contributed by atoms with Gasteiger partial charge in [0.15, 0.2) is 5.82 Å². The standard InChI is InChI=1S/C17H24N4/c1-4-9-13(3)19-16-12-15(18-5-2)20-17(21-16)14-10-7-6-8-11-14/h6-8,10-13H,4-5,9H2,1-3H3,(H2,18,19,20,21). The van der Waals surface area contributed by atoms with E-state index in [1.54, 1.807) is 0 Å². The molecule has 0 aliphatic heterocycles. The molecular weight excluding hydrogens is 260 g/mol. The minimum atomic E-state index is 0.406. The lowest BCUT2D eigenvalue weighted by molar-refractivity contribution is 0.687. The van der Waals surface area contributed by atoms with Crippen LogP contribution in [0.1, 0.15) is 33.6 Å². The van der Waals surface area contributed by atoms with Gasteiger partial charge in [0, 0.05) is 24.2 Å². The number of nitrogens with zero attached hydrogens (tertiary/aromatic N) is 2. The zero-order valence-corrected chi connectivity index (χ0v) is 13.1. The van der Waals surface area contributed by atoms with Gasteiger partial charge in [0.2, 0.25) is 0 Å². The summed E-state index contributed by atoms with van der Waals surface area (Å²) < 4.78 is 0. The lowest BCUT2D eigenvalue weighted by atomic mass is 10.2. The zero-order chi connectivity index (χ0) is 15.1. The number of rotatable bonds is 7. The molecule has 112 valence electrons. The second-order valence-electron chi connectivity index (χ2n) is 5.19. The first-order valence-corrected chi connectivity index (χ1v) is 7.67. The quantitative estimate of drug-likeness (QED) is 0.801. The Morgan fingerprint density at radius 2 is 1.76 bits per heavy atom. The van der Waals surface area contributed by atoms with Crippen LogP contribution in [-0.2, 0) is 0 Å². The van der Waals surface area contributed by atoms with Crippen molar-refractivity contribution in [3.63, 3.8) is 0 Å². The Labute approximate surface area is 127 Å². The molecule has 0 spiro atoms. The van der Waals surface area contributed by atoms with E-state index in [0.717, 1.165) is 42.4 Å². The van der Waals surface area contributed by atoms with Crippen molar-refractivity contribution in [2.24, 2.45) is 0 Å². The van der Waals surface area contributed by atoms with E-state index < -0.39 is 0 Å². The topological polar surface area (TPSA) is 49.8 Å². The van der Waals surface area contributed by atoms with Crippen molar-refractivity contribution in [3.8, 4) is 11.4 Å². The number of aromatic nitrogens is 2. The Balaban J connectivity index is 2.30. The molecule has 0 aliphatic carbocycles. The summed E-state index contributed by atoms with van der Waals surface area (Å²) in [5, 5.41) is 6.73. The number of hydrogen-bond acceptors (Lipinski definition) is 4. The average molecular weight is 284 g/mol. The third-order valence-electron chi connectivity index (χ3n) is 3.23. The van der Waals surface area contributed by atoms with Gasteiger partial charge in [0.1, 0.15) is 11.6 Å². The summed E-state index contributed by atoms with van der Waals surface area (Å²) in [6.45, 7) is 7.28. The van der Waals surface area contributed by atoms with Gasteiger partial charge in [-0.1, -0.05) is 43.7 Å². The van der Waals surface area contributed by atoms with Crippen molar-refractivity contribution in [1.29, 1.82) is 0 Å². The van der Waals surface area contributed by atoms with Crippen LogP contribution in [0.5, 0.6) is 0 Å². The molecule has 1 unspecified atom stereocenters. The monoisotopic (exact) mass is 284 g/mol. The Morgan fingerprint density at radius 3 is 2.43 bits per heavy atom. The zero-order valence-electron chi connectivity index (χ0n) is 13.1. The van der Waals surface area contributed by atoms with Crippen LogP contribution < -0.4 is 10.6 Å². The molecule has 0 fully saturated rings. The van der Waals surface area contributed by atoms with Crippen LogP contribution in [0.4, 0.5) is 11.6 Å². The lowest BCUT2D eigenvalue weighted by Gasteiger charge is -2.15. The fraction of sp³-hybridized carbons (Fsp3) is 0.412. The van der Waals surface area contributed by atoms with Crippen molar-refractivity contribution in [1.82, 2.24) is 9.97 Å². The molecule has 4 heteroatoms. The molecule has 1 aromatic carbocycles. The van der Waals surface area contributed by atoms with Gasteiger partial charge >= 0.3 is 0 Å². The van der Waals surface area contributed by atoms with Crippen LogP contribution >= 0.6 is 0 Å². The Hall–Kier alpha value is -2.10. The SMILES string of the molecule is CCCC(C)Nc1cc(NCC)nc(-c2ccccc2)n1. The largest absolute Gasteiger partial charge is 0.370 e. The molecule has 4 nitrogen and oxygen atoms in total. The number of benzene rings is 1. The minimum Gasteiger partial charge on any atom is -0.370 e. The van der Waals surface area contributed by atoms with E-state index in [1.807, 2.05) is 36.4 Å². The Morgan fingerprint density at radius 1 is 1.05 bits per heavy atom. The van der Waals surface area contributed by atoms with Gasteiger partial charge in [0.25, 0.3) is 0 Å². The predicted octanol–water partition coefficient (Wildman–Crippen LogP) is 4.18. The van der Waals surface area contributed by atoms with Crippen molar-refractivity contribution in [2.75, 3.05) is 17.2 Å². The van der Waals surface area contributed by atoms with E-state index in [1.165, 1.54) is 0 Å². The highest BCUT2D eigenvalue weighted by Gasteiger charge is 2.08. The van der Waals surface area contributed by atoms with Crippen molar-refractivity contribution >= 4 is 11.6 Å². The van der Waals surface area contributed by atoms with Crippen LogP contribution in [0, 0.1) is 0 Å². The van der Waals surface area contributed by atoms with Gasteiger partial charge in [-0.15, -0.1) is 0 Å². The molecule has 2 aromatic rings. The van der Waals surface area contributed by atoms with Crippen LogP contribution in [0.25, 0.3) is 11.4 Å². The second kappa shape index (κ2) is 7.62. The molecule has 1 heterocycles. The van der Waals surface area contributed by atoms with E-state index in [4.69, 9.17) is 0 Å². The first kappa shape index (κ1) is 15.3. The predicted molar refractivity (Wildman–Crippen MR) is 89.6 cm³/mol. The number of hydrogen-bond donors (Lipinski definition) is 2.